The molecular weight excluding hydrogens is 180 g/mol. The molecule has 3 nitrogen and oxygen atoms in total. The Morgan fingerprint density at radius 1 is 1.38 bits per heavy atom. The molecule has 13 heavy (non-hydrogen) atoms. The molecule has 5 heteroatoms. The van der Waals surface area contributed by atoms with Crippen molar-refractivity contribution in [2.45, 2.75) is 6.92 Å². The fourth-order valence-electron chi connectivity index (χ4n) is 0.841. The Labute approximate surface area is 73.0 Å². The van der Waals surface area contributed by atoms with Crippen LogP contribution in [-0.4, -0.2) is 11.2 Å². The Morgan fingerprint density at radius 3 is 2.23 bits per heavy atom. The highest BCUT2D eigenvalue weighted by Crippen LogP contribution is 2.17. The first-order valence-corrected chi connectivity index (χ1v) is 3.46. The van der Waals surface area contributed by atoms with Crippen LogP contribution in [0, 0.1) is 18.6 Å². The summed E-state index contributed by atoms with van der Waals surface area (Å²) in [5.74, 6) is -1.55. The molecule has 0 aliphatic rings. The topological polar surface area (TPSA) is 49.3 Å². The lowest BCUT2D eigenvalue weighted by molar-refractivity contribution is 0.209. The number of hydrogen-bond acceptors (Lipinski definition) is 1. The lowest BCUT2D eigenvalue weighted by Gasteiger charge is -2.03. The number of carbonyl (C=O) groups is 1. The number of rotatable bonds is 1. The summed E-state index contributed by atoms with van der Waals surface area (Å²) in [7, 11) is 0. The number of halogens is 2. The Bertz CT molecular complexity index is 329. The zero-order valence-electron chi connectivity index (χ0n) is 6.77. The zero-order valence-corrected chi connectivity index (χ0v) is 6.77. The highest BCUT2D eigenvalue weighted by molar-refractivity contribution is 5.82. The van der Waals surface area contributed by atoms with Crippen molar-refractivity contribution in [3.8, 4) is 0 Å². The van der Waals surface area contributed by atoms with E-state index in [-0.39, 0.29) is 11.3 Å². The highest BCUT2D eigenvalue weighted by Gasteiger charge is 2.07. The van der Waals surface area contributed by atoms with Gasteiger partial charge in [-0.2, -0.15) is 0 Å². The molecule has 0 heterocycles. The van der Waals surface area contributed by atoms with Crippen LogP contribution in [0.5, 0.6) is 0 Å². The molecule has 0 aliphatic heterocycles. The molecule has 0 unspecified atom stereocenters. The van der Waals surface area contributed by atoms with Crippen LogP contribution in [0.15, 0.2) is 12.1 Å². The normalized spacial score (nSPS) is 9.77. The van der Waals surface area contributed by atoms with Crippen LogP contribution >= 0.6 is 0 Å². The monoisotopic (exact) mass is 187 g/mol. The van der Waals surface area contributed by atoms with Gasteiger partial charge in [-0.3, -0.25) is 5.32 Å². The summed E-state index contributed by atoms with van der Waals surface area (Å²) >= 11 is 0. The number of amides is 1. The van der Waals surface area contributed by atoms with Gasteiger partial charge in [0, 0.05) is 11.3 Å². The molecule has 0 saturated heterocycles. The molecule has 0 aliphatic carbocycles. The molecule has 0 aromatic heterocycles. The Morgan fingerprint density at radius 2 is 1.85 bits per heavy atom. The zero-order chi connectivity index (χ0) is 10.0. The summed E-state index contributed by atoms with van der Waals surface area (Å²) in [6.45, 7) is 1.27. The van der Waals surface area contributed by atoms with Crippen molar-refractivity contribution in [2.24, 2.45) is 0 Å². The number of benzene rings is 1. The van der Waals surface area contributed by atoms with Crippen molar-refractivity contribution in [1.82, 2.24) is 0 Å². The van der Waals surface area contributed by atoms with E-state index in [0.717, 1.165) is 12.1 Å². The summed E-state index contributed by atoms with van der Waals surface area (Å²) < 4.78 is 25.6. The number of hydrogen-bond donors (Lipinski definition) is 2. The summed E-state index contributed by atoms with van der Waals surface area (Å²) in [5, 5.41) is 10.1. The van der Waals surface area contributed by atoms with Crippen LogP contribution in [0.2, 0.25) is 0 Å². The second-order valence-corrected chi connectivity index (χ2v) is 2.50. The average molecular weight is 187 g/mol. The Hall–Kier alpha value is -1.65. The highest BCUT2D eigenvalue weighted by atomic mass is 19.1. The minimum Gasteiger partial charge on any atom is -0.465 e. The third kappa shape index (κ3) is 2.14. The quantitative estimate of drug-likeness (QED) is 0.708. The second kappa shape index (κ2) is 3.38. The maximum absolute atomic E-state index is 12.8. The molecule has 0 saturated carbocycles. The van der Waals surface area contributed by atoms with Crippen LogP contribution in [-0.2, 0) is 0 Å². The van der Waals surface area contributed by atoms with Gasteiger partial charge in [0.1, 0.15) is 11.6 Å². The van der Waals surface area contributed by atoms with E-state index in [9.17, 15) is 13.6 Å². The van der Waals surface area contributed by atoms with E-state index < -0.39 is 17.7 Å². The second-order valence-electron chi connectivity index (χ2n) is 2.50. The van der Waals surface area contributed by atoms with Crippen molar-refractivity contribution in [3.05, 3.63) is 29.3 Å². The fourth-order valence-corrected chi connectivity index (χ4v) is 0.841. The van der Waals surface area contributed by atoms with Crippen LogP contribution in [0.1, 0.15) is 5.56 Å². The first-order valence-electron chi connectivity index (χ1n) is 3.46. The summed E-state index contributed by atoms with van der Waals surface area (Å²) in [6.07, 6.45) is -1.36. The molecule has 1 aromatic carbocycles. The van der Waals surface area contributed by atoms with E-state index in [1.165, 1.54) is 6.92 Å². The standard InChI is InChI=1S/C8H7F2NO2/c1-4-6(9)2-5(3-7(4)10)11-8(12)13/h2-3,11H,1H3,(H,12,13). The van der Waals surface area contributed by atoms with E-state index in [1.807, 2.05) is 5.32 Å². The van der Waals surface area contributed by atoms with E-state index in [4.69, 9.17) is 5.11 Å². The van der Waals surface area contributed by atoms with Crippen LogP contribution in [0.4, 0.5) is 19.3 Å². The van der Waals surface area contributed by atoms with Gasteiger partial charge in [-0.1, -0.05) is 0 Å². The first kappa shape index (κ1) is 9.44. The minimum atomic E-state index is -1.36. The van der Waals surface area contributed by atoms with Gasteiger partial charge >= 0.3 is 6.09 Å². The molecule has 1 amide bonds. The minimum absolute atomic E-state index is 0.117. The van der Waals surface area contributed by atoms with E-state index in [1.54, 1.807) is 0 Å². The lowest BCUT2D eigenvalue weighted by atomic mass is 10.2. The predicted octanol–water partition coefficient (Wildman–Crippen LogP) is 2.36. The molecule has 0 bridgehead atoms. The van der Waals surface area contributed by atoms with Crippen molar-refractivity contribution < 1.29 is 18.7 Å². The largest absolute Gasteiger partial charge is 0.465 e. The maximum atomic E-state index is 12.8. The van der Waals surface area contributed by atoms with Gasteiger partial charge in [-0.15, -0.1) is 0 Å². The first-order chi connectivity index (χ1) is 6.00. The molecule has 0 spiro atoms. The molecular formula is C8H7F2NO2. The lowest BCUT2D eigenvalue weighted by Crippen LogP contribution is -2.08. The summed E-state index contributed by atoms with van der Waals surface area (Å²) in [5.41, 5.74) is -0.246. The summed E-state index contributed by atoms with van der Waals surface area (Å²) in [6, 6.07) is 1.85. The van der Waals surface area contributed by atoms with Gasteiger partial charge in [0.05, 0.1) is 0 Å². The van der Waals surface area contributed by atoms with Gasteiger partial charge in [-0.25, -0.2) is 13.6 Å². The molecule has 2 N–H and O–H groups in total. The third-order valence-electron chi connectivity index (χ3n) is 1.53. The van der Waals surface area contributed by atoms with Gasteiger partial charge < -0.3 is 5.11 Å². The van der Waals surface area contributed by atoms with Crippen LogP contribution in [0.25, 0.3) is 0 Å². The molecule has 0 radical (unpaired) electrons. The van der Waals surface area contributed by atoms with Crippen LogP contribution in [0.3, 0.4) is 0 Å². The van der Waals surface area contributed by atoms with E-state index >= 15 is 0 Å². The van der Waals surface area contributed by atoms with Crippen molar-refractivity contribution in [3.63, 3.8) is 0 Å². The van der Waals surface area contributed by atoms with E-state index in [0.29, 0.717) is 0 Å². The van der Waals surface area contributed by atoms with Gasteiger partial charge in [-0.05, 0) is 19.1 Å². The van der Waals surface area contributed by atoms with Crippen molar-refractivity contribution in [1.29, 1.82) is 0 Å². The summed E-state index contributed by atoms with van der Waals surface area (Å²) in [4.78, 5) is 10.1. The van der Waals surface area contributed by atoms with Crippen molar-refractivity contribution in [2.75, 3.05) is 5.32 Å². The number of nitrogens with one attached hydrogen (secondary N) is 1. The maximum Gasteiger partial charge on any atom is 0.409 e. The average Bonchev–Trinajstić information content (AvgIpc) is 1.98. The third-order valence-corrected chi connectivity index (χ3v) is 1.53. The van der Waals surface area contributed by atoms with Gasteiger partial charge in [0.15, 0.2) is 0 Å². The number of anilines is 1. The Balaban J connectivity index is 3.06. The van der Waals surface area contributed by atoms with Gasteiger partial charge in [0.25, 0.3) is 0 Å². The predicted molar refractivity (Wildman–Crippen MR) is 42.7 cm³/mol. The molecule has 70 valence electrons. The smallest absolute Gasteiger partial charge is 0.409 e. The number of carboxylic acid groups (broad SMARTS) is 1. The molecule has 0 atom stereocenters. The molecule has 0 fully saturated rings. The van der Waals surface area contributed by atoms with Crippen LogP contribution < -0.4 is 5.32 Å². The molecule has 1 aromatic rings. The molecule has 1 rings (SSSR count). The van der Waals surface area contributed by atoms with Gasteiger partial charge in [0.2, 0.25) is 0 Å². The van der Waals surface area contributed by atoms with E-state index in [2.05, 4.69) is 0 Å². The van der Waals surface area contributed by atoms with Crippen molar-refractivity contribution >= 4 is 11.8 Å². The SMILES string of the molecule is Cc1c(F)cc(NC(=O)O)cc1F. The Kier molecular flexibility index (Phi) is 2.46. The fraction of sp³-hybridized carbons (Fsp3) is 0.125.